The largest absolute Gasteiger partial charge is 0.494 e. The van der Waals surface area contributed by atoms with Gasteiger partial charge in [-0.25, -0.2) is 9.97 Å². The molecule has 4 aromatic heterocycles. The van der Waals surface area contributed by atoms with Crippen molar-refractivity contribution in [2.45, 2.75) is 38.4 Å². The highest BCUT2D eigenvalue weighted by atomic mass is 35.5. The summed E-state index contributed by atoms with van der Waals surface area (Å²) in [6.07, 6.45) is 4.28. The van der Waals surface area contributed by atoms with Crippen molar-refractivity contribution in [3.8, 4) is 21.4 Å². The van der Waals surface area contributed by atoms with Crippen molar-refractivity contribution in [1.29, 1.82) is 0 Å². The number of rotatable bonds is 5. The van der Waals surface area contributed by atoms with Gasteiger partial charge in [0.1, 0.15) is 10.0 Å². The number of hydrogen-bond acceptors (Lipinski definition) is 8. The summed E-state index contributed by atoms with van der Waals surface area (Å²) >= 11 is 9.41. The van der Waals surface area contributed by atoms with E-state index in [9.17, 15) is 0 Å². The minimum atomic E-state index is -0.576. The van der Waals surface area contributed by atoms with Gasteiger partial charge in [0.25, 0.3) is 0 Å². The number of hydrogen-bond donors (Lipinski definition) is 0. The van der Waals surface area contributed by atoms with E-state index < -0.39 is 18.3 Å². The predicted octanol–water partition coefficient (Wildman–Crippen LogP) is 7.21. The second-order valence-electron chi connectivity index (χ2n) is 10.6. The molecule has 0 amide bonds. The molecule has 40 heavy (non-hydrogen) atoms. The minimum Gasteiger partial charge on any atom is -0.399 e. The highest BCUT2D eigenvalue weighted by Crippen LogP contribution is 2.40. The summed E-state index contributed by atoms with van der Waals surface area (Å²) in [4.78, 5) is 18.7. The fourth-order valence-corrected chi connectivity index (χ4v) is 6.98. The van der Waals surface area contributed by atoms with E-state index in [0.29, 0.717) is 11.4 Å². The number of pyridine rings is 2. The molecular weight excluding hydrogens is 559 g/mol. The van der Waals surface area contributed by atoms with Gasteiger partial charge in [0.15, 0.2) is 0 Å². The fourth-order valence-electron chi connectivity index (χ4n) is 4.98. The molecule has 1 saturated heterocycles. The summed E-state index contributed by atoms with van der Waals surface area (Å²) in [5.74, 6) is 0. The van der Waals surface area contributed by atoms with Crippen LogP contribution in [0.2, 0.25) is 5.02 Å². The molecule has 0 saturated carbocycles. The number of thiazole rings is 2. The van der Waals surface area contributed by atoms with Gasteiger partial charge in [-0.15, -0.1) is 22.7 Å². The lowest BCUT2D eigenvalue weighted by atomic mass is 9.79. The summed E-state index contributed by atoms with van der Waals surface area (Å²) in [6, 6.07) is 22.0. The lowest BCUT2D eigenvalue weighted by Crippen LogP contribution is -2.46. The molecule has 1 unspecified atom stereocenters. The predicted molar refractivity (Wildman–Crippen MR) is 164 cm³/mol. The maximum atomic E-state index is 6.69. The second-order valence-corrected chi connectivity index (χ2v) is 13.1. The number of fused-ring (bicyclic) bond motifs is 2. The molecule has 0 bridgehead atoms. The zero-order valence-electron chi connectivity index (χ0n) is 22.1. The standard InChI is InChI=1S/C30H24BClN4O2S2/c1-29(2)30(3,17-18-11-13-34-24(14-18)28-36-23-16-20(32)8-10-26(23)40-28)38-31(37-29)19-7-9-25-22(15-19)35-27(39-25)21-6-4-5-12-33-21/h4-16H,17H2,1-3H3. The highest BCUT2D eigenvalue weighted by molar-refractivity contribution is 7.22. The summed E-state index contributed by atoms with van der Waals surface area (Å²) in [5.41, 5.74) is 4.45. The molecule has 198 valence electrons. The second kappa shape index (κ2) is 9.71. The molecule has 0 N–H and O–H groups in total. The molecule has 1 atom stereocenters. The van der Waals surface area contributed by atoms with Crippen molar-refractivity contribution in [2.24, 2.45) is 0 Å². The van der Waals surface area contributed by atoms with Crippen LogP contribution in [0, 0.1) is 0 Å². The first-order valence-corrected chi connectivity index (χ1v) is 15.0. The van der Waals surface area contributed by atoms with Crippen molar-refractivity contribution >= 4 is 67.3 Å². The number of halogens is 1. The molecule has 6 nitrogen and oxygen atoms in total. The van der Waals surface area contributed by atoms with Gasteiger partial charge in [0, 0.05) is 23.8 Å². The van der Waals surface area contributed by atoms with Gasteiger partial charge in [0.2, 0.25) is 0 Å². The Morgan fingerprint density at radius 2 is 1.50 bits per heavy atom. The van der Waals surface area contributed by atoms with Crippen LogP contribution in [0.25, 0.3) is 41.8 Å². The third kappa shape index (κ3) is 4.61. The Hall–Kier alpha value is -3.21. The Balaban J connectivity index is 1.15. The number of benzene rings is 2. The van der Waals surface area contributed by atoms with Gasteiger partial charge in [-0.2, -0.15) is 0 Å². The molecule has 5 heterocycles. The van der Waals surface area contributed by atoms with E-state index in [1.807, 2.05) is 48.7 Å². The van der Waals surface area contributed by atoms with E-state index >= 15 is 0 Å². The lowest BCUT2D eigenvalue weighted by molar-refractivity contribution is -0.00877. The molecule has 7 rings (SSSR count). The number of aromatic nitrogens is 4. The highest BCUT2D eigenvalue weighted by Gasteiger charge is 2.54. The van der Waals surface area contributed by atoms with E-state index in [1.54, 1.807) is 28.9 Å². The quantitative estimate of drug-likeness (QED) is 0.200. The maximum Gasteiger partial charge on any atom is 0.494 e. The van der Waals surface area contributed by atoms with Gasteiger partial charge in [-0.1, -0.05) is 23.7 Å². The molecule has 0 aliphatic carbocycles. The normalized spacial score (nSPS) is 18.6. The van der Waals surface area contributed by atoms with Crippen molar-refractivity contribution in [3.05, 3.63) is 89.7 Å². The monoisotopic (exact) mass is 582 g/mol. The molecular formula is C30H24BClN4O2S2. The van der Waals surface area contributed by atoms with Gasteiger partial charge in [-0.3, -0.25) is 9.97 Å². The van der Waals surface area contributed by atoms with Crippen molar-refractivity contribution < 1.29 is 9.31 Å². The summed E-state index contributed by atoms with van der Waals surface area (Å²) in [6.45, 7) is 6.30. The van der Waals surface area contributed by atoms with Crippen LogP contribution < -0.4 is 5.46 Å². The zero-order chi connectivity index (χ0) is 27.5. The molecule has 1 aliphatic rings. The Bertz CT molecular complexity index is 1880. The van der Waals surface area contributed by atoms with E-state index in [4.69, 9.17) is 30.9 Å². The molecule has 1 aliphatic heterocycles. The van der Waals surface area contributed by atoms with Crippen LogP contribution in [0.1, 0.15) is 26.3 Å². The first-order chi connectivity index (χ1) is 19.3. The van der Waals surface area contributed by atoms with Crippen molar-refractivity contribution in [1.82, 2.24) is 19.9 Å². The van der Waals surface area contributed by atoms with Gasteiger partial charge >= 0.3 is 7.12 Å². The average molecular weight is 583 g/mol. The van der Waals surface area contributed by atoms with Crippen LogP contribution in [-0.4, -0.2) is 38.3 Å². The topological polar surface area (TPSA) is 70.0 Å². The van der Waals surface area contributed by atoms with Crippen LogP contribution >= 0.6 is 34.3 Å². The van der Waals surface area contributed by atoms with E-state index in [0.717, 1.165) is 52.9 Å². The smallest absolute Gasteiger partial charge is 0.399 e. The van der Waals surface area contributed by atoms with Crippen LogP contribution in [0.4, 0.5) is 0 Å². The van der Waals surface area contributed by atoms with Crippen molar-refractivity contribution in [2.75, 3.05) is 0 Å². The molecule has 10 heteroatoms. The van der Waals surface area contributed by atoms with Gasteiger partial charge in [-0.05, 0) is 86.4 Å². The summed E-state index contributed by atoms with van der Waals surface area (Å²) in [7, 11) is -0.500. The molecule has 0 spiro atoms. The first-order valence-electron chi connectivity index (χ1n) is 13.0. The van der Waals surface area contributed by atoms with Gasteiger partial charge < -0.3 is 9.31 Å². The summed E-state index contributed by atoms with van der Waals surface area (Å²) in [5, 5.41) is 2.44. The van der Waals surface area contributed by atoms with Gasteiger partial charge in [0.05, 0.1) is 43.0 Å². The third-order valence-corrected chi connectivity index (χ3v) is 9.90. The van der Waals surface area contributed by atoms with Crippen LogP contribution in [0.5, 0.6) is 0 Å². The van der Waals surface area contributed by atoms with E-state index in [2.05, 4.69) is 55.0 Å². The Kier molecular flexibility index (Phi) is 6.25. The fraction of sp³-hybridized carbons (Fsp3) is 0.200. The SMILES string of the molecule is CC1(C)OB(c2ccc3sc(-c4ccccn4)nc3c2)OC1(C)Cc1ccnc(-c2nc3cc(Cl)ccc3s2)c1. The first kappa shape index (κ1) is 25.7. The van der Waals surface area contributed by atoms with E-state index in [-0.39, 0.29) is 0 Å². The van der Waals surface area contributed by atoms with Crippen molar-refractivity contribution in [3.63, 3.8) is 0 Å². The van der Waals surface area contributed by atoms with Crippen LogP contribution in [0.15, 0.2) is 79.1 Å². The molecule has 2 aromatic carbocycles. The third-order valence-electron chi connectivity index (χ3n) is 7.54. The zero-order valence-corrected chi connectivity index (χ0v) is 24.5. The maximum absolute atomic E-state index is 6.69. The lowest BCUT2D eigenvalue weighted by Gasteiger charge is -2.36. The Labute approximate surface area is 245 Å². The number of nitrogens with zero attached hydrogens (tertiary/aromatic N) is 4. The molecule has 1 fully saturated rings. The minimum absolute atomic E-state index is 0.500. The Morgan fingerprint density at radius 3 is 2.27 bits per heavy atom. The summed E-state index contributed by atoms with van der Waals surface area (Å²) < 4.78 is 15.4. The molecule has 6 aromatic rings. The Morgan fingerprint density at radius 1 is 0.775 bits per heavy atom. The average Bonchev–Trinajstić information content (AvgIpc) is 3.62. The van der Waals surface area contributed by atoms with E-state index in [1.165, 1.54) is 0 Å². The van der Waals surface area contributed by atoms with Crippen LogP contribution in [0.3, 0.4) is 0 Å². The van der Waals surface area contributed by atoms with Crippen LogP contribution in [-0.2, 0) is 15.7 Å². The molecule has 0 radical (unpaired) electrons.